The van der Waals surface area contributed by atoms with Gasteiger partial charge in [0.2, 0.25) is 5.91 Å². The molecule has 1 atom stereocenters. The summed E-state index contributed by atoms with van der Waals surface area (Å²) >= 11 is 0. The lowest BCUT2D eigenvalue weighted by Crippen LogP contribution is -2.33. The third kappa shape index (κ3) is 3.75. The molecule has 0 spiro atoms. The van der Waals surface area contributed by atoms with Gasteiger partial charge in [-0.15, -0.1) is 0 Å². The Hall–Kier alpha value is -2.62. The zero-order valence-corrected chi connectivity index (χ0v) is 15.8. The fraction of sp³-hybridized carbons (Fsp3) is 0.391. The molecule has 2 aromatic rings. The van der Waals surface area contributed by atoms with Crippen LogP contribution in [0, 0.1) is 5.92 Å². The minimum atomic E-state index is -0.0412. The number of ether oxygens (including phenoxy) is 1. The Morgan fingerprint density at radius 1 is 1.00 bits per heavy atom. The van der Waals surface area contributed by atoms with Crippen LogP contribution in [0.2, 0.25) is 0 Å². The molecule has 140 valence electrons. The van der Waals surface area contributed by atoms with Gasteiger partial charge < -0.3 is 4.74 Å². The van der Waals surface area contributed by atoms with E-state index in [4.69, 9.17) is 9.84 Å². The Balaban J connectivity index is 1.64. The minimum absolute atomic E-state index is 0.0412. The van der Waals surface area contributed by atoms with Gasteiger partial charge in [0.25, 0.3) is 0 Å². The van der Waals surface area contributed by atoms with Gasteiger partial charge in [-0.25, -0.2) is 5.01 Å². The molecular formula is C23H26N2O2. The first-order chi connectivity index (χ1) is 13.3. The summed E-state index contributed by atoms with van der Waals surface area (Å²) in [6, 6.07) is 18.2. The van der Waals surface area contributed by atoms with E-state index in [2.05, 4.69) is 12.1 Å². The Labute approximate surface area is 160 Å². The number of carbonyl (C=O) groups is 1. The van der Waals surface area contributed by atoms with Crippen molar-refractivity contribution in [2.24, 2.45) is 11.0 Å². The van der Waals surface area contributed by atoms with Crippen molar-refractivity contribution >= 4 is 11.6 Å². The average Bonchev–Trinajstić information content (AvgIpc) is 3.20. The van der Waals surface area contributed by atoms with Crippen LogP contribution in [0.15, 0.2) is 59.7 Å². The molecule has 0 saturated heterocycles. The molecule has 2 aromatic carbocycles. The molecule has 4 rings (SSSR count). The highest BCUT2D eigenvalue weighted by Gasteiger charge is 2.36. The van der Waals surface area contributed by atoms with Crippen LogP contribution in [-0.2, 0) is 4.79 Å². The molecule has 1 aliphatic heterocycles. The number of carbonyl (C=O) groups excluding carboxylic acids is 1. The number of hydrogen-bond acceptors (Lipinski definition) is 3. The van der Waals surface area contributed by atoms with E-state index in [1.165, 1.54) is 6.42 Å². The Bertz CT molecular complexity index is 808. The lowest BCUT2D eigenvalue weighted by atomic mass is 9.88. The van der Waals surface area contributed by atoms with E-state index in [1.54, 1.807) is 12.1 Å². The van der Waals surface area contributed by atoms with Crippen molar-refractivity contribution in [1.29, 1.82) is 0 Å². The van der Waals surface area contributed by atoms with Crippen molar-refractivity contribution in [2.75, 3.05) is 7.11 Å². The maximum absolute atomic E-state index is 13.3. The van der Waals surface area contributed by atoms with E-state index in [1.807, 2.05) is 42.5 Å². The molecule has 0 radical (unpaired) electrons. The van der Waals surface area contributed by atoms with Gasteiger partial charge in [-0.1, -0.05) is 61.7 Å². The number of hydrogen-bond donors (Lipinski definition) is 0. The minimum Gasteiger partial charge on any atom is -0.497 e. The molecule has 1 amide bonds. The lowest BCUT2D eigenvalue weighted by Gasteiger charge is -2.28. The fourth-order valence-corrected chi connectivity index (χ4v) is 4.14. The molecule has 27 heavy (non-hydrogen) atoms. The van der Waals surface area contributed by atoms with Crippen molar-refractivity contribution in [2.45, 2.75) is 44.6 Å². The predicted molar refractivity (Wildman–Crippen MR) is 107 cm³/mol. The molecule has 1 heterocycles. The lowest BCUT2D eigenvalue weighted by molar-refractivity contribution is -0.138. The summed E-state index contributed by atoms with van der Waals surface area (Å²) in [5.74, 6) is 1.12. The summed E-state index contributed by atoms with van der Waals surface area (Å²) in [4.78, 5) is 13.3. The summed E-state index contributed by atoms with van der Waals surface area (Å²) in [7, 11) is 1.67. The Morgan fingerprint density at radius 2 is 1.70 bits per heavy atom. The third-order valence-electron chi connectivity index (χ3n) is 5.70. The topological polar surface area (TPSA) is 41.9 Å². The molecule has 1 fully saturated rings. The third-order valence-corrected chi connectivity index (χ3v) is 5.70. The van der Waals surface area contributed by atoms with Gasteiger partial charge in [0.05, 0.1) is 18.9 Å². The van der Waals surface area contributed by atoms with Gasteiger partial charge in [0.15, 0.2) is 0 Å². The number of rotatable bonds is 4. The summed E-state index contributed by atoms with van der Waals surface area (Å²) in [6.45, 7) is 0. The Kier molecular flexibility index (Phi) is 5.23. The molecule has 0 bridgehead atoms. The molecule has 0 aromatic heterocycles. The monoisotopic (exact) mass is 362 g/mol. The van der Waals surface area contributed by atoms with Crippen molar-refractivity contribution in [3.05, 3.63) is 65.7 Å². The van der Waals surface area contributed by atoms with E-state index >= 15 is 0 Å². The quantitative estimate of drug-likeness (QED) is 0.772. The second-order valence-corrected chi connectivity index (χ2v) is 7.42. The zero-order chi connectivity index (χ0) is 18.6. The summed E-state index contributed by atoms with van der Waals surface area (Å²) in [5.41, 5.74) is 3.19. The number of amides is 1. The highest BCUT2D eigenvalue weighted by Crippen LogP contribution is 2.36. The van der Waals surface area contributed by atoms with E-state index in [0.717, 1.165) is 54.7 Å². The van der Waals surface area contributed by atoms with Gasteiger partial charge >= 0.3 is 0 Å². The standard InChI is InChI=1S/C23H26N2O2/c1-27-20-14-12-18(13-15-20)22-16-21(17-8-4-2-5-9-17)24-25(22)23(26)19-10-6-3-7-11-19/h2,4-5,8-9,12-15,19,22H,3,6-7,10-11,16H2,1H3/t22-/m1/s1. The highest BCUT2D eigenvalue weighted by atomic mass is 16.5. The van der Waals surface area contributed by atoms with Crippen LogP contribution < -0.4 is 4.74 Å². The van der Waals surface area contributed by atoms with Crippen LogP contribution in [0.25, 0.3) is 0 Å². The predicted octanol–water partition coefficient (Wildman–Crippen LogP) is 4.95. The fourth-order valence-electron chi connectivity index (χ4n) is 4.14. The van der Waals surface area contributed by atoms with Crippen LogP contribution >= 0.6 is 0 Å². The van der Waals surface area contributed by atoms with Gasteiger partial charge in [-0.3, -0.25) is 4.79 Å². The van der Waals surface area contributed by atoms with Crippen LogP contribution in [-0.4, -0.2) is 23.7 Å². The molecule has 1 aliphatic carbocycles. The molecule has 2 aliphatic rings. The van der Waals surface area contributed by atoms with E-state index in [-0.39, 0.29) is 17.9 Å². The second-order valence-electron chi connectivity index (χ2n) is 7.42. The van der Waals surface area contributed by atoms with Crippen molar-refractivity contribution in [1.82, 2.24) is 5.01 Å². The maximum Gasteiger partial charge on any atom is 0.246 e. The molecule has 1 saturated carbocycles. The largest absolute Gasteiger partial charge is 0.497 e. The Morgan fingerprint density at radius 3 is 2.37 bits per heavy atom. The van der Waals surface area contributed by atoms with Gasteiger partial charge in [0, 0.05) is 12.3 Å². The van der Waals surface area contributed by atoms with Crippen LogP contribution in [0.3, 0.4) is 0 Å². The highest BCUT2D eigenvalue weighted by molar-refractivity contribution is 6.03. The number of methoxy groups -OCH3 is 1. The van der Waals surface area contributed by atoms with Crippen molar-refractivity contribution in [3.8, 4) is 5.75 Å². The first kappa shape index (κ1) is 17.8. The zero-order valence-electron chi connectivity index (χ0n) is 15.8. The molecular weight excluding hydrogens is 336 g/mol. The van der Waals surface area contributed by atoms with Gasteiger partial charge in [-0.2, -0.15) is 5.10 Å². The first-order valence-electron chi connectivity index (χ1n) is 9.86. The smallest absolute Gasteiger partial charge is 0.246 e. The first-order valence-corrected chi connectivity index (χ1v) is 9.86. The number of nitrogens with zero attached hydrogens (tertiary/aromatic N) is 2. The molecule has 0 unspecified atom stereocenters. The number of benzene rings is 2. The van der Waals surface area contributed by atoms with E-state index in [0.29, 0.717) is 0 Å². The number of hydrazone groups is 1. The van der Waals surface area contributed by atoms with Crippen molar-refractivity contribution in [3.63, 3.8) is 0 Å². The summed E-state index contributed by atoms with van der Waals surface area (Å²) in [5, 5.41) is 6.57. The van der Waals surface area contributed by atoms with E-state index in [9.17, 15) is 4.79 Å². The second kappa shape index (κ2) is 7.95. The summed E-state index contributed by atoms with van der Waals surface area (Å²) < 4.78 is 5.28. The SMILES string of the molecule is COc1ccc([C@H]2CC(c3ccccc3)=NN2C(=O)C2CCCCC2)cc1. The van der Waals surface area contributed by atoms with Crippen LogP contribution in [0.5, 0.6) is 5.75 Å². The normalized spacial score (nSPS) is 20.4. The molecule has 4 heteroatoms. The molecule has 4 nitrogen and oxygen atoms in total. The van der Waals surface area contributed by atoms with Crippen molar-refractivity contribution < 1.29 is 9.53 Å². The summed E-state index contributed by atoms with van der Waals surface area (Å²) in [6.07, 6.45) is 6.25. The van der Waals surface area contributed by atoms with Crippen LogP contribution in [0.4, 0.5) is 0 Å². The van der Waals surface area contributed by atoms with Gasteiger partial charge in [-0.05, 0) is 36.1 Å². The maximum atomic E-state index is 13.3. The van der Waals surface area contributed by atoms with Gasteiger partial charge in [0.1, 0.15) is 5.75 Å². The van der Waals surface area contributed by atoms with E-state index < -0.39 is 0 Å². The van der Waals surface area contributed by atoms with Crippen LogP contribution in [0.1, 0.15) is 55.7 Å². The average molecular weight is 362 g/mol. The molecule has 0 N–H and O–H groups in total.